The Labute approximate surface area is 80.3 Å². The molecular formula is C8H13F2N3O. The second-order valence-corrected chi connectivity index (χ2v) is 3.05. The van der Waals surface area contributed by atoms with Crippen LogP contribution in [0.2, 0.25) is 0 Å². The molecule has 0 saturated heterocycles. The highest BCUT2D eigenvalue weighted by molar-refractivity contribution is 5.13. The summed E-state index contributed by atoms with van der Waals surface area (Å²) in [7, 11) is 0. The number of rotatable bonds is 5. The number of aromatic amines is 1. The fourth-order valence-corrected chi connectivity index (χ4v) is 0.998. The van der Waals surface area contributed by atoms with Gasteiger partial charge in [0.05, 0.1) is 6.20 Å². The van der Waals surface area contributed by atoms with Crippen molar-refractivity contribution >= 4 is 0 Å². The van der Waals surface area contributed by atoms with E-state index in [1.165, 1.54) is 0 Å². The quantitative estimate of drug-likeness (QED) is 0.653. The van der Waals surface area contributed by atoms with Gasteiger partial charge < -0.3 is 10.4 Å². The number of aliphatic hydroxyl groups is 1. The number of hydrogen-bond acceptors (Lipinski definition) is 3. The molecule has 0 spiro atoms. The lowest BCUT2D eigenvalue weighted by Gasteiger charge is -2.09. The van der Waals surface area contributed by atoms with Gasteiger partial charge in [-0.25, -0.2) is 8.78 Å². The van der Waals surface area contributed by atoms with Gasteiger partial charge in [-0.15, -0.1) is 0 Å². The average Bonchev–Trinajstić information content (AvgIpc) is 2.51. The summed E-state index contributed by atoms with van der Waals surface area (Å²) in [5.74, 6) is 0. The molecule has 1 aromatic rings. The minimum absolute atomic E-state index is 0.123. The second kappa shape index (κ2) is 5.02. The van der Waals surface area contributed by atoms with Crippen molar-refractivity contribution < 1.29 is 13.9 Å². The highest BCUT2D eigenvalue weighted by atomic mass is 19.3. The lowest BCUT2D eigenvalue weighted by Crippen LogP contribution is -2.31. The number of halogens is 2. The topological polar surface area (TPSA) is 60.9 Å². The third kappa shape index (κ3) is 3.04. The number of aromatic nitrogens is 2. The molecule has 80 valence electrons. The fourth-order valence-electron chi connectivity index (χ4n) is 0.998. The highest BCUT2D eigenvalue weighted by Gasteiger charge is 2.15. The third-order valence-electron chi connectivity index (χ3n) is 1.89. The average molecular weight is 205 g/mol. The van der Waals surface area contributed by atoms with E-state index < -0.39 is 12.5 Å². The van der Waals surface area contributed by atoms with Crippen molar-refractivity contribution in [2.45, 2.75) is 26.0 Å². The Morgan fingerprint density at radius 2 is 2.36 bits per heavy atom. The van der Waals surface area contributed by atoms with E-state index in [0.717, 1.165) is 11.3 Å². The monoisotopic (exact) mass is 205 g/mol. The van der Waals surface area contributed by atoms with Gasteiger partial charge in [-0.2, -0.15) is 5.10 Å². The number of nitrogens with zero attached hydrogens (tertiary/aromatic N) is 1. The maximum atomic E-state index is 11.9. The van der Waals surface area contributed by atoms with Crippen LogP contribution in [0.3, 0.4) is 0 Å². The molecule has 0 aliphatic rings. The SMILES string of the molecule is Cc1[nH]ncc1CNCC(O)C(F)F. The van der Waals surface area contributed by atoms with E-state index in [4.69, 9.17) is 5.11 Å². The van der Waals surface area contributed by atoms with Gasteiger partial charge in [-0.05, 0) is 6.92 Å². The van der Waals surface area contributed by atoms with Crippen LogP contribution in [0.5, 0.6) is 0 Å². The van der Waals surface area contributed by atoms with Gasteiger partial charge in [0.15, 0.2) is 0 Å². The maximum Gasteiger partial charge on any atom is 0.265 e. The van der Waals surface area contributed by atoms with Crippen LogP contribution in [-0.2, 0) is 6.54 Å². The molecule has 1 heterocycles. The summed E-state index contributed by atoms with van der Waals surface area (Å²) in [4.78, 5) is 0. The molecule has 0 radical (unpaired) electrons. The van der Waals surface area contributed by atoms with Crippen molar-refractivity contribution in [3.8, 4) is 0 Å². The van der Waals surface area contributed by atoms with Crippen LogP contribution < -0.4 is 5.32 Å². The van der Waals surface area contributed by atoms with E-state index >= 15 is 0 Å². The van der Waals surface area contributed by atoms with E-state index in [0.29, 0.717) is 6.54 Å². The van der Waals surface area contributed by atoms with Gasteiger partial charge in [0.1, 0.15) is 6.10 Å². The van der Waals surface area contributed by atoms with Crippen molar-refractivity contribution in [2.75, 3.05) is 6.54 Å². The second-order valence-electron chi connectivity index (χ2n) is 3.05. The van der Waals surface area contributed by atoms with Crippen LogP contribution in [0.1, 0.15) is 11.3 Å². The Hall–Kier alpha value is -1.01. The lowest BCUT2D eigenvalue weighted by molar-refractivity contribution is -0.00341. The van der Waals surface area contributed by atoms with Gasteiger partial charge in [0.2, 0.25) is 0 Å². The van der Waals surface area contributed by atoms with Crippen molar-refractivity contribution in [3.63, 3.8) is 0 Å². The minimum Gasteiger partial charge on any atom is -0.386 e. The molecule has 14 heavy (non-hydrogen) atoms. The molecule has 0 fully saturated rings. The summed E-state index contributed by atoms with van der Waals surface area (Å²) >= 11 is 0. The number of nitrogens with one attached hydrogen (secondary N) is 2. The van der Waals surface area contributed by atoms with Crippen LogP contribution in [0.25, 0.3) is 0 Å². The standard InChI is InChI=1S/C8H13F2N3O/c1-5-6(3-12-13-5)2-11-4-7(14)8(9)10/h3,7-8,11,14H,2,4H2,1H3,(H,12,13). The predicted octanol–water partition coefficient (Wildman–Crippen LogP) is 0.434. The number of aryl methyl sites for hydroxylation is 1. The number of hydrogen-bond donors (Lipinski definition) is 3. The molecule has 3 N–H and O–H groups in total. The molecule has 1 atom stereocenters. The first-order valence-electron chi connectivity index (χ1n) is 4.27. The molecule has 0 amide bonds. The zero-order valence-corrected chi connectivity index (χ0v) is 7.80. The molecule has 6 heteroatoms. The van der Waals surface area contributed by atoms with Gasteiger partial charge >= 0.3 is 0 Å². The zero-order chi connectivity index (χ0) is 10.6. The third-order valence-corrected chi connectivity index (χ3v) is 1.89. The van der Waals surface area contributed by atoms with E-state index in [9.17, 15) is 8.78 Å². The Balaban J connectivity index is 2.25. The summed E-state index contributed by atoms with van der Waals surface area (Å²) in [5.41, 5.74) is 1.80. The Bertz CT molecular complexity index is 277. The van der Waals surface area contributed by atoms with E-state index in [1.807, 2.05) is 6.92 Å². The summed E-state index contributed by atoms with van der Waals surface area (Å²) in [6.45, 7) is 2.14. The van der Waals surface area contributed by atoms with Crippen molar-refractivity contribution in [2.24, 2.45) is 0 Å². The van der Waals surface area contributed by atoms with Crippen molar-refractivity contribution in [1.29, 1.82) is 0 Å². The van der Waals surface area contributed by atoms with Crippen LogP contribution in [0.15, 0.2) is 6.20 Å². The first-order chi connectivity index (χ1) is 6.61. The molecule has 4 nitrogen and oxygen atoms in total. The molecule has 0 aliphatic heterocycles. The van der Waals surface area contributed by atoms with E-state index in [1.54, 1.807) is 6.20 Å². The number of H-pyrrole nitrogens is 1. The van der Waals surface area contributed by atoms with Crippen molar-refractivity contribution in [1.82, 2.24) is 15.5 Å². The molecule has 0 bridgehead atoms. The summed E-state index contributed by atoms with van der Waals surface area (Å²) in [5, 5.41) is 18.0. The Morgan fingerprint density at radius 1 is 1.64 bits per heavy atom. The van der Waals surface area contributed by atoms with E-state index in [2.05, 4.69) is 15.5 Å². The summed E-state index contributed by atoms with van der Waals surface area (Å²) in [6.07, 6.45) is -2.69. The van der Waals surface area contributed by atoms with Crippen LogP contribution in [0, 0.1) is 6.92 Å². The molecule has 1 aromatic heterocycles. The molecule has 0 aromatic carbocycles. The first-order valence-corrected chi connectivity index (χ1v) is 4.27. The molecule has 0 saturated carbocycles. The van der Waals surface area contributed by atoms with Crippen molar-refractivity contribution in [3.05, 3.63) is 17.5 Å². The molecule has 1 unspecified atom stereocenters. The first kappa shape index (κ1) is 11.1. The lowest BCUT2D eigenvalue weighted by atomic mass is 10.2. The highest BCUT2D eigenvalue weighted by Crippen LogP contribution is 2.02. The van der Waals surface area contributed by atoms with Gasteiger partial charge in [-0.1, -0.05) is 0 Å². The predicted molar refractivity (Wildman–Crippen MR) is 47.0 cm³/mol. The summed E-state index contributed by atoms with van der Waals surface area (Å²) in [6, 6.07) is 0. The Kier molecular flexibility index (Phi) is 3.97. The van der Waals surface area contributed by atoms with Gasteiger partial charge in [0, 0.05) is 24.3 Å². The zero-order valence-electron chi connectivity index (χ0n) is 7.80. The normalized spacial score (nSPS) is 13.5. The van der Waals surface area contributed by atoms with Crippen LogP contribution >= 0.6 is 0 Å². The minimum atomic E-state index is -2.70. The Morgan fingerprint density at radius 3 is 2.86 bits per heavy atom. The number of alkyl halides is 2. The summed E-state index contributed by atoms with van der Waals surface area (Å²) < 4.78 is 23.7. The van der Waals surface area contributed by atoms with Crippen LogP contribution in [0.4, 0.5) is 8.78 Å². The van der Waals surface area contributed by atoms with Gasteiger partial charge in [0.25, 0.3) is 6.43 Å². The molecule has 1 rings (SSSR count). The maximum absolute atomic E-state index is 11.9. The van der Waals surface area contributed by atoms with Crippen LogP contribution in [-0.4, -0.2) is 34.4 Å². The van der Waals surface area contributed by atoms with Gasteiger partial charge in [-0.3, -0.25) is 5.10 Å². The van der Waals surface area contributed by atoms with E-state index in [-0.39, 0.29) is 6.54 Å². The largest absolute Gasteiger partial charge is 0.386 e. The molecular weight excluding hydrogens is 192 g/mol. The fraction of sp³-hybridized carbons (Fsp3) is 0.625. The smallest absolute Gasteiger partial charge is 0.265 e. The number of aliphatic hydroxyl groups excluding tert-OH is 1. The molecule has 0 aliphatic carbocycles.